The minimum atomic E-state index is 0.0402. The molecule has 0 bridgehead atoms. The van der Waals surface area contributed by atoms with Crippen molar-refractivity contribution in [2.45, 2.75) is 45.4 Å². The monoisotopic (exact) mass is 276 g/mol. The van der Waals surface area contributed by atoms with E-state index in [1.807, 2.05) is 11.8 Å². The zero-order chi connectivity index (χ0) is 14.3. The number of carbonyl (C=O) groups excluding carboxylic acids is 1. The number of anilines is 1. The van der Waals surface area contributed by atoms with Gasteiger partial charge in [-0.3, -0.25) is 9.48 Å². The summed E-state index contributed by atoms with van der Waals surface area (Å²) in [6.45, 7) is 3.57. The Hall–Kier alpha value is -1.52. The Kier molecular flexibility index (Phi) is 3.22. The second-order valence-electron chi connectivity index (χ2n) is 6.47. The smallest absolute Gasteiger partial charge is 0.274 e. The molecule has 3 rings (SSSR count). The van der Waals surface area contributed by atoms with Crippen LogP contribution in [0.2, 0.25) is 0 Å². The first-order chi connectivity index (χ1) is 9.52. The Morgan fingerprint density at radius 3 is 2.30 bits per heavy atom. The molecule has 1 saturated heterocycles. The number of hydrogen-bond acceptors (Lipinski definition) is 3. The van der Waals surface area contributed by atoms with E-state index in [4.69, 9.17) is 5.73 Å². The quantitative estimate of drug-likeness (QED) is 0.854. The molecule has 0 aromatic carbocycles. The zero-order valence-electron chi connectivity index (χ0n) is 12.5. The number of aromatic nitrogens is 2. The van der Waals surface area contributed by atoms with Gasteiger partial charge >= 0.3 is 0 Å². The molecule has 1 amide bonds. The van der Waals surface area contributed by atoms with Gasteiger partial charge in [0.2, 0.25) is 0 Å². The van der Waals surface area contributed by atoms with Crippen LogP contribution in [-0.4, -0.2) is 33.7 Å². The van der Waals surface area contributed by atoms with Gasteiger partial charge in [-0.25, -0.2) is 0 Å². The predicted molar refractivity (Wildman–Crippen MR) is 78.4 cm³/mol. The van der Waals surface area contributed by atoms with Crippen LogP contribution in [0.15, 0.2) is 0 Å². The Bertz CT molecular complexity index is 518. The number of carbonyl (C=O) groups is 1. The number of rotatable bonds is 1. The van der Waals surface area contributed by atoms with Gasteiger partial charge in [-0.2, -0.15) is 5.10 Å². The van der Waals surface area contributed by atoms with E-state index >= 15 is 0 Å². The van der Waals surface area contributed by atoms with Gasteiger partial charge in [0.1, 0.15) is 5.69 Å². The second kappa shape index (κ2) is 4.79. The largest absolute Gasteiger partial charge is 0.395 e. The molecule has 20 heavy (non-hydrogen) atoms. The van der Waals surface area contributed by atoms with E-state index in [1.54, 1.807) is 11.7 Å². The first-order valence-electron chi connectivity index (χ1n) is 7.61. The van der Waals surface area contributed by atoms with E-state index in [0.717, 1.165) is 31.6 Å². The van der Waals surface area contributed by atoms with Crippen LogP contribution in [0.1, 0.15) is 54.7 Å². The highest BCUT2D eigenvalue weighted by Gasteiger charge is 2.38. The molecular weight excluding hydrogens is 252 g/mol. The van der Waals surface area contributed by atoms with Gasteiger partial charge in [0.15, 0.2) is 0 Å². The fraction of sp³-hybridized carbons (Fsp3) is 0.733. The van der Waals surface area contributed by atoms with Gasteiger partial charge in [0, 0.05) is 20.1 Å². The van der Waals surface area contributed by atoms with Crippen LogP contribution in [0.25, 0.3) is 0 Å². The Morgan fingerprint density at radius 2 is 1.80 bits per heavy atom. The van der Waals surface area contributed by atoms with Crippen LogP contribution >= 0.6 is 0 Å². The van der Waals surface area contributed by atoms with Gasteiger partial charge in [0.05, 0.1) is 11.4 Å². The van der Waals surface area contributed by atoms with Crippen LogP contribution in [-0.2, 0) is 7.05 Å². The summed E-state index contributed by atoms with van der Waals surface area (Å²) in [6.07, 6.45) is 7.72. The third-order valence-electron chi connectivity index (χ3n) is 5.25. The van der Waals surface area contributed by atoms with Crippen LogP contribution in [0.5, 0.6) is 0 Å². The maximum Gasteiger partial charge on any atom is 0.274 e. The molecule has 0 atom stereocenters. The standard InChI is InChI=1S/C15H24N4O/c1-11-12(16)13(18(2)17-11)14(20)19-9-7-15(8-10-19)5-3-4-6-15/h3-10,16H2,1-2H3. The van der Waals surface area contributed by atoms with E-state index < -0.39 is 0 Å². The van der Waals surface area contributed by atoms with Crippen molar-refractivity contribution < 1.29 is 4.79 Å². The molecule has 2 N–H and O–H groups in total. The van der Waals surface area contributed by atoms with Crippen LogP contribution in [0.3, 0.4) is 0 Å². The van der Waals surface area contributed by atoms with Crippen molar-refractivity contribution in [1.82, 2.24) is 14.7 Å². The molecule has 1 aromatic rings. The molecule has 110 valence electrons. The number of aryl methyl sites for hydroxylation is 2. The first-order valence-corrected chi connectivity index (χ1v) is 7.61. The third-order valence-corrected chi connectivity index (χ3v) is 5.25. The molecule has 1 saturated carbocycles. The predicted octanol–water partition coefficient (Wildman–Crippen LogP) is 2.11. The number of piperidine rings is 1. The van der Waals surface area contributed by atoms with Crippen molar-refractivity contribution >= 4 is 11.6 Å². The lowest BCUT2D eigenvalue weighted by atomic mass is 9.77. The van der Waals surface area contributed by atoms with Crippen LogP contribution in [0.4, 0.5) is 5.69 Å². The molecule has 5 nitrogen and oxygen atoms in total. The van der Waals surface area contributed by atoms with Gasteiger partial charge in [-0.15, -0.1) is 0 Å². The van der Waals surface area contributed by atoms with Gasteiger partial charge in [-0.1, -0.05) is 12.8 Å². The summed E-state index contributed by atoms with van der Waals surface area (Å²) in [5.74, 6) is 0.0402. The molecule has 1 aliphatic carbocycles. The number of nitrogens with zero attached hydrogens (tertiary/aromatic N) is 3. The van der Waals surface area contributed by atoms with E-state index in [-0.39, 0.29) is 5.91 Å². The lowest BCUT2D eigenvalue weighted by molar-refractivity contribution is 0.0578. The van der Waals surface area contributed by atoms with E-state index in [2.05, 4.69) is 5.10 Å². The van der Waals surface area contributed by atoms with Crippen molar-refractivity contribution in [3.63, 3.8) is 0 Å². The fourth-order valence-electron chi connectivity index (χ4n) is 3.89. The van der Waals surface area contributed by atoms with Crippen molar-refractivity contribution in [2.75, 3.05) is 18.8 Å². The first kappa shape index (κ1) is 13.5. The summed E-state index contributed by atoms with van der Waals surface area (Å²) in [7, 11) is 1.79. The number of nitrogens with two attached hydrogens (primary N) is 1. The van der Waals surface area contributed by atoms with Gasteiger partial charge < -0.3 is 10.6 Å². The third kappa shape index (κ3) is 2.09. The summed E-state index contributed by atoms with van der Waals surface area (Å²) in [5.41, 5.74) is 8.34. The average molecular weight is 276 g/mol. The van der Waals surface area contributed by atoms with Crippen molar-refractivity contribution in [1.29, 1.82) is 0 Å². The van der Waals surface area contributed by atoms with Gasteiger partial charge in [-0.05, 0) is 38.0 Å². The number of amides is 1. The molecule has 0 unspecified atom stereocenters. The van der Waals surface area contributed by atoms with E-state index in [1.165, 1.54) is 25.7 Å². The Labute approximate surface area is 120 Å². The molecule has 0 radical (unpaired) electrons. The fourth-order valence-corrected chi connectivity index (χ4v) is 3.89. The van der Waals surface area contributed by atoms with Crippen LogP contribution in [0, 0.1) is 12.3 Å². The molecular formula is C15H24N4O. The highest BCUT2D eigenvalue weighted by atomic mass is 16.2. The highest BCUT2D eigenvalue weighted by Crippen LogP contribution is 2.46. The molecule has 5 heteroatoms. The van der Waals surface area contributed by atoms with Crippen LogP contribution < -0.4 is 5.73 Å². The molecule has 1 spiro atoms. The number of nitrogen functional groups attached to an aromatic ring is 1. The highest BCUT2D eigenvalue weighted by molar-refractivity contribution is 5.98. The minimum absolute atomic E-state index is 0.0402. The summed E-state index contributed by atoms with van der Waals surface area (Å²) >= 11 is 0. The average Bonchev–Trinajstić information content (AvgIpc) is 2.97. The van der Waals surface area contributed by atoms with Crippen molar-refractivity contribution in [2.24, 2.45) is 12.5 Å². The SMILES string of the molecule is Cc1nn(C)c(C(=O)N2CCC3(CCCC3)CC2)c1N. The minimum Gasteiger partial charge on any atom is -0.395 e. The van der Waals surface area contributed by atoms with E-state index in [9.17, 15) is 4.79 Å². The summed E-state index contributed by atoms with van der Waals surface area (Å²) in [5, 5.41) is 4.24. The second-order valence-corrected chi connectivity index (χ2v) is 6.47. The number of likely N-dealkylation sites (tertiary alicyclic amines) is 1. The van der Waals surface area contributed by atoms with Crippen molar-refractivity contribution in [3.05, 3.63) is 11.4 Å². The maximum atomic E-state index is 12.6. The summed E-state index contributed by atoms with van der Waals surface area (Å²) in [4.78, 5) is 14.6. The Morgan fingerprint density at radius 1 is 1.20 bits per heavy atom. The lowest BCUT2D eigenvalue weighted by Gasteiger charge is -2.39. The molecule has 2 fully saturated rings. The summed E-state index contributed by atoms with van der Waals surface area (Å²) < 4.78 is 1.62. The topological polar surface area (TPSA) is 64.2 Å². The Balaban J connectivity index is 1.73. The molecule has 2 heterocycles. The normalized spacial score (nSPS) is 21.6. The molecule has 1 aliphatic heterocycles. The van der Waals surface area contributed by atoms with E-state index in [0.29, 0.717) is 16.8 Å². The number of hydrogen-bond donors (Lipinski definition) is 1. The van der Waals surface area contributed by atoms with Gasteiger partial charge in [0.25, 0.3) is 5.91 Å². The summed E-state index contributed by atoms with van der Waals surface area (Å²) in [6, 6.07) is 0. The lowest BCUT2D eigenvalue weighted by Crippen LogP contribution is -2.43. The molecule has 1 aromatic heterocycles. The molecule has 2 aliphatic rings. The zero-order valence-corrected chi connectivity index (χ0v) is 12.5. The van der Waals surface area contributed by atoms with Crippen molar-refractivity contribution in [3.8, 4) is 0 Å². The maximum absolute atomic E-state index is 12.6.